The Morgan fingerprint density at radius 2 is 1.79 bits per heavy atom. The smallest absolute Gasteiger partial charge is 0.192 e. The topological polar surface area (TPSA) is 29.5 Å². The van der Waals surface area contributed by atoms with Gasteiger partial charge in [0.05, 0.1) is 12.7 Å². The fraction of sp³-hybridized carbons (Fsp3) is 0.500. The molecular weight excluding hydrogens is 252 g/mol. The Bertz CT molecular complexity index is 405. The molecule has 0 saturated heterocycles. The fourth-order valence-electron chi connectivity index (χ4n) is 1.42. The predicted molar refractivity (Wildman–Crippen MR) is 83.7 cm³/mol. The number of aliphatic hydroxyl groups excluding tert-OH is 1. The minimum Gasteiger partial charge on any atom is -0.413 e. The second kappa shape index (κ2) is 6.50. The fourth-order valence-corrected chi connectivity index (χ4v) is 2.36. The molecule has 0 fully saturated rings. The Kier molecular flexibility index (Phi) is 5.53. The van der Waals surface area contributed by atoms with Gasteiger partial charge in [-0.1, -0.05) is 63.3 Å². The van der Waals surface area contributed by atoms with E-state index in [9.17, 15) is 5.11 Å². The van der Waals surface area contributed by atoms with Crippen LogP contribution >= 0.6 is 0 Å². The van der Waals surface area contributed by atoms with E-state index in [1.807, 2.05) is 36.4 Å². The minimum atomic E-state index is -1.69. The summed E-state index contributed by atoms with van der Waals surface area (Å²) < 4.78 is 6.02. The molecule has 1 rings (SSSR count). The average Bonchev–Trinajstić information content (AvgIpc) is 2.34. The van der Waals surface area contributed by atoms with Gasteiger partial charge in [0.2, 0.25) is 0 Å². The lowest BCUT2D eigenvalue weighted by Gasteiger charge is -2.35. The summed E-state index contributed by atoms with van der Waals surface area (Å²) in [7, 11) is -1.69. The second-order valence-corrected chi connectivity index (χ2v) is 11.2. The Balaban J connectivity index is 2.48. The van der Waals surface area contributed by atoms with Crippen molar-refractivity contribution in [1.29, 1.82) is 0 Å². The molecule has 1 atom stereocenters. The first kappa shape index (κ1) is 16.2. The van der Waals surface area contributed by atoms with Gasteiger partial charge in [-0.15, -0.1) is 0 Å². The molecule has 1 N–H and O–H groups in total. The van der Waals surface area contributed by atoms with Gasteiger partial charge < -0.3 is 9.53 Å². The second-order valence-electron chi connectivity index (χ2n) is 6.35. The molecule has 0 radical (unpaired) electrons. The van der Waals surface area contributed by atoms with E-state index >= 15 is 0 Å². The molecule has 106 valence electrons. The van der Waals surface area contributed by atoms with Gasteiger partial charge in [0, 0.05) is 0 Å². The standard InChI is InChI=1S/C16H26O2Si/c1-16(2,3)19(4,5)18-13-9-12-15(17)14-10-7-6-8-11-14/h6-12,15,17H,13H2,1-5H3/b12-9-/t15-/m0/s1. The summed E-state index contributed by atoms with van der Waals surface area (Å²) in [5, 5.41) is 10.2. The van der Waals surface area contributed by atoms with E-state index in [0.29, 0.717) is 6.61 Å². The lowest BCUT2D eigenvalue weighted by molar-refractivity contribution is 0.227. The van der Waals surface area contributed by atoms with Crippen LogP contribution in [0.25, 0.3) is 0 Å². The molecule has 0 aliphatic carbocycles. The van der Waals surface area contributed by atoms with Crippen molar-refractivity contribution in [3.05, 3.63) is 48.0 Å². The third-order valence-electron chi connectivity index (χ3n) is 3.81. The third kappa shape index (κ3) is 4.94. The van der Waals surface area contributed by atoms with E-state index in [1.165, 1.54) is 0 Å². The molecule has 19 heavy (non-hydrogen) atoms. The number of aliphatic hydroxyl groups is 1. The number of hydrogen-bond donors (Lipinski definition) is 1. The van der Waals surface area contributed by atoms with Crippen molar-refractivity contribution < 1.29 is 9.53 Å². The maximum Gasteiger partial charge on any atom is 0.192 e. The van der Waals surface area contributed by atoms with Crippen molar-refractivity contribution in [2.75, 3.05) is 6.61 Å². The molecule has 2 nitrogen and oxygen atoms in total. The van der Waals surface area contributed by atoms with E-state index in [-0.39, 0.29) is 5.04 Å². The monoisotopic (exact) mass is 278 g/mol. The first-order valence-electron chi connectivity index (χ1n) is 6.78. The number of rotatable bonds is 5. The molecule has 0 unspecified atom stereocenters. The van der Waals surface area contributed by atoms with Crippen LogP contribution in [-0.4, -0.2) is 20.0 Å². The molecule has 1 aromatic carbocycles. The van der Waals surface area contributed by atoms with E-state index in [1.54, 1.807) is 6.08 Å². The molecule has 0 aliphatic rings. The Labute approximate surface area is 118 Å². The quantitative estimate of drug-likeness (QED) is 0.643. The van der Waals surface area contributed by atoms with Gasteiger partial charge in [-0.05, 0) is 23.7 Å². The van der Waals surface area contributed by atoms with Crippen molar-refractivity contribution in [3.63, 3.8) is 0 Å². The molecular formula is C16H26O2Si. The summed E-state index contributed by atoms with van der Waals surface area (Å²) in [4.78, 5) is 0. The van der Waals surface area contributed by atoms with Crippen LogP contribution in [0.4, 0.5) is 0 Å². The Morgan fingerprint density at radius 1 is 1.21 bits per heavy atom. The van der Waals surface area contributed by atoms with Crippen LogP contribution in [0.5, 0.6) is 0 Å². The lowest BCUT2D eigenvalue weighted by atomic mass is 10.1. The van der Waals surface area contributed by atoms with Gasteiger partial charge in [0.1, 0.15) is 0 Å². The maximum absolute atomic E-state index is 9.98. The van der Waals surface area contributed by atoms with Crippen LogP contribution < -0.4 is 0 Å². The molecule has 0 bridgehead atoms. The van der Waals surface area contributed by atoms with Crippen molar-refractivity contribution in [3.8, 4) is 0 Å². The van der Waals surface area contributed by atoms with Gasteiger partial charge in [0.25, 0.3) is 0 Å². The van der Waals surface area contributed by atoms with Gasteiger partial charge >= 0.3 is 0 Å². The van der Waals surface area contributed by atoms with Crippen molar-refractivity contribution in [2.45, 2.75) is 45.0 Å². The van der Waals surface area contributed by atoms with E-state index < -0.39 is 14.4 Å². The molecule has 0 aliphatic heterocycles. The number of hydrogen-bond acceptors (Lipinski definition) is 2. The minimum absolute atomic E-state index is 0.221. The SMILES string of the molecule is CC(C)(C)[Si](C)(C)OC/C=C\[C@H](O)c1ccccc1. The lowest BCUT2D eigenvalue weighted by Crippen LogP contribution is -2.40. The molecule has 1 aromatic rings. The highest BCUT2D eigenvalue weighted by atomic mass is 28.4. The first-order valence-corrected chi connectivity index (χ1v) is 9.68. The maximum atomic E-state index is 9.98. The van der Waals surface area contributed by atoms with Crippen LogP contribution in [-0.2, 0) is 4.43 Å². The summed E-state index contributed by atoms with van der Waals surface area (Å²) in [6, 6.07) is 9.64. The van der Waals surface area contributed by atoms with Gasteiger partial charge in [-0.3, -0.25) is 0 Å². The predicted octanol–water partition coefficient (Wildman–Crippen LogP) is 4.30. The Morgan fingerprint density at radius 3 is 2.32 bits per heavy atom. The van der Waals surface area contributed by atoms with Crippen LogP contribution in [0.15, 0.2) is 42.5 Å². The molecule has 0 heterocycles. The van der Waals surface area contributed by atoms with Crippen molar-refractivity contribution in [1.82, 2.24) is 0 Å². The Hall–Kier alpha value is -0.903. The highest BCUT2D eigenvalue weighted by Gasteiger charge is 2.36. The van der Waals surface area contributed by atoms with Crippen molar-refractivity contribution >= 4 is 8.32 Å². The van der Waals surface area contributed by atoms with Crippen molar-refractivity contribution in [2.24, 2.45) is 0 Å². The highest BCUT2D eigenvalue weighted by Crippen LogP contribution is 2.36. The van der Waals surface area contributed by atoms with Gasteiger partial charge in [-0.25, -0.2) is 0 Å². The largest absolute Gasteiger partial charge is 0.413 e. The van der Waals surface area contributed by atoms with E-state index in [4.69, 9.17) is 4.43 Å². The molecule has 0 spiro atoms. The summed E-state index contributed by atoms with van der Waals surface area (Å²) in [5.74, 6) is 0. The molecule has 0 amide bonds. The van der Waals surface area contributed by atoms with Crippen LogP contribution in [0.3, 0.4) is 0 Å². The average molecular weight is 278 g/mol. The van der Waals surface area contributed by atoms with E-state index in [2.05, 4.69) is 33.9 Å². The van der Waals surface area contributed by atoms with Crippen LogP contribution in [0.2, 0.25) is 18.1 Å². The van der Waals surface area contributed by atoms with Gasteiger partial charge in [-0.2, -0.15) is 0 Å². The zero-order valence-corrected chi connectivity index (χ0v) is 13.7. The third-order valence-corrected chi connectivity index (χ3v) is 8.31. The zero-order valence-electron chi connectivity index (χ0n) is 12.7. The molecule has 0 aromatic heterocycles. The number of benzene rings is 1. The summed E-state index contributed by atoms with van der Waals surface area (Å²) in [5.41, 5.74) is 0.908. The zero-order chi connectivity index (χ0) is 14.5. The van der Waals surface area contributed by atoms with Crippen LogP contribution in [0.1, 0.15) is 32.4 Å². The molecule has 0 saturated carbocycles. The summed E-state index contributed by atoms with van der Waals surface area (Å²) >= 11 is 0. The van der Waals surface area contributed by atoms with E-state index in [0.717, 1.165) is 5.56 Å². The summed E-state index contributed by atoms with van der Waals surface area (Å²) in [6.45, 7) is 11.7. The van der Waals surface area contributed by atoms with Crippen LogP contribution in [0, 0.1) is 0 Å². The summed E-state index contributed by atoms with van der Waals surface area (Å²) in [6.07, 6.45) is 3.16. The van der Waals surface area contributed by atoms with Gasteiger partial charge in [0.15, 0.2) is 8.32 Å². The molecule has 3 heteroatoms. The first-order chi connectivity index (χ1) is 8.74. The normalized spacial score (nSPS) is 14.8. The highest BCUT2D eigenvalue weighted by molar-refractivity contribution is 6.74.